The molecule has 5 rings (SSSR count). The molecule has 3 aliphatic heterocycles. The van der Waals surface area contributed by atoms with Crippen LogP contribution in [0, 0.1) is 5.92 Å². The van der Waals surface area contributed by atoms with Crippen molar-refractivity contribution < 1.29 is 42.9 Å². The lowest BCUT2D eigenvalue weighted by atomic mass is 9.87. The van der Waals surface area contributed by atoms with Crippen LogP contribution in [0.1, 0.15) is 104 Å². The molecule has 10 atom stereocenters. The van der Waals surface area contributed by atoms with Gasteiger partial charge in [-0.1, -0.05) is 32.9 Å². The molecule has 3 aliphatic rings. The summed E-state index contributed by atoms with van der Waals surface area (Å²) in [6.45, 7) is 15.6. The maximum absolute atomic E-state index is 14.0. The Morgan fingerprint density at radius 3 is 2.15 bits per heavy atom. The second kappa shape index (κ2) is 24.1. The third-order valence-electron chi connectivity index (χ3n) is 13.4. The lowest BCUT2D eigenvalue weighted by Crippen LogP contribution is -2.57. The van der Waals surface area contributed by atoms with E-state index < -0.39 is 36.3 Å². The number of nitrogens with one attached hydrogen (secondary N) is 4. The molecular weight excluding hydrogens is 899 g/mol. The minimum Gasteiger partial charge on any atom is -0.453 e. The van der Waals surface area contributed by atoms with E-state index >= 15 is 0 Å². The van der Waals surface area contributed by atoms with Gasteiger partial charge in [-0.05, 0) is 101 Å². The van der Waals surface area contributed by atoms with Gasteiger partial charge in [0.05, 0.1) is 55.6 Å². The molecule has 372 valence electrons. The van der Waals surface area contributed by atoms with Gasteiger partial charge in [0.1, 0.15) is 12.1 Å². The molecule has 2 unspecified atom stereocenters. The quantitative estimate of drug-likeness (QED) is 0.107. The Hall–Kier alpha value is -4.63. The van der Waals surface area contributed by atoms with Gasteiger partial charge in [-0.3, -0.25) is 19.3 Å². The van der Waals surface area contributed by atoms with Gasteiger partial charge in [0.2, 0.25) is 17.7 Å². The van der Waals surface area contributed by atoms with Gasteiger partial charge in [0.25, 0.3) is 0 Å². The molecule has 18 nitrogen and oxygen atoms in total. The maximum atomic E-state index is 14.0. The van der Waals surface area contributed by atoms with Crippen LogP contribution in [0.25, 0.3) is 0 Å². The molecule has 1 aromatic heterocycles. The Balaban J connectivity index is 1.29. The number of carbonyl (C=O) groups is 5. The first-order valence-electron chi connectivity index (χ1n) is 23.2. The Morgan fingerprint density at radius 1 is 0.851 bits per heavy atom. The van der Waals surface area contributed by atoms with Gasteiger partial charge in [0.15, 0.2) is 5.13 Å². The first-order valence-corrected chi connectivity index (χ1v) is 25.0. The number of nitrogens with zero attached hydrogens (tertiary/aromatic N) is 4. The van der Waals surface area contributed by atoms with E-state index in [-0.39, 0.29) is 58.8 Å². The smallest absolute Gasteiger partial charge is 0.407 e. The van der Waals surface area contributed by atoms with Crippen molar-refractivity contribution in [3.63, 3.8) is 0 Å². The van der Waals surface area contributed by atoms with Crippen molar-refractivity contribution in [2.75, 3.05) is 58.3 Å². The number of hydrogen-bond acceptors (Lipinski definition) is 15. The summed E-state index contributed by atoms with van der Waals surface area (Å²) >= 11 is 2.79. The van der Waals surface area contributed by atoms with E-state index in [0.717, 1.165) is 37.2 Å². The number of alkyl carbamates (subject to hydrolysis) is 2. The first kappa shape index (κ1) is 53.3. The Labute approximate surface area is 404 Å². The largest absolute Gasteiger partial charge is 0.453 e. The molecule has 5 amide bonds. The van der Waals surface area contributed by atoms with E-state index in [1.165, 1.54) is 54.9 Å². The lowest BCUT2D eigenvalue weighted by Gasteiger charge is -2.37. The van der Waals surface area contributed by atoms with Crippen LogP contribution in [0.15, 0.2) is 40.8 Å². The SMILES string of the molecule is COC(=O)NC[C@H](C(C)N1CCC[C@H]1C(=O)Nc1nc([C@@H]2CC[C@@H](/C(N)=C/SC(C)NC(=O)[C@@H]3CCCN3C(=O)[C@@H](NC(=O)OC)[C@@H](C)OC)N2c2ccc(C(C)(C)C)cc2)cs1)[C@@H](C)OC. The summed E-state index contributed by atoms with van der Waals surface area (Å²) in [5, 5.41) is 15.6. The van der Waals surface area contributed by atoms with Crippen molar-refractivity contribution in [2.45, 2.75) is 146 Å². The predicted octanol–water partition coefficient (Wildman–Crippen LogP) is 5.70. The number of thiazole rings is 1. The minimum atomic E-state index is -1.02. The second-order valence-corrected chi connectivity index (χ2v) is 20.7. The molecular formula is C47H73N9O9S2. The topological polar surface area (TPSA) is 219 Å². The summed E-state index contributed by atoms with van der Waals surface area (Å²) in [6.07, 6.45) is 2.09. The predicted molar refractivity (Wildman–Crippen MR) is 262 cm³/mol. The third kappa shape index (κ3) is 13.3. The number of likely N-dealkylation sites (tertiary alicyclic amines) is 2. The molecule has 0 spiro atoms. The van der Waals surface area contributed by atoms with Crippen molar-refractivity contribution >= 4 is 63.8 Å². The number of aromatic nitrogens is 1. The zero-order valence-electron chi connectivity index (χ0n) is 41.0. The fourth-order valence-corrected chi connectivity index (χ4v) is 10.8. The van der Waals surface area contributed by atoms with Crippen molar-refractivity contribution in [3.8, 4) is 0 Å². The Bertz CT molecular complexity index is 2030. The van der Waals surface area contributed by atoms with Crippen molar-refractivity contribution in [3.05, 3.63) is 52.0 Å². The third-order valence-corrected chi connectivity index (χ3v) is 15.1. The number of hydrogen-bond donors (Lipinski definition) is 5. The summed E-state index contributed by atoms with van der Waals surface area (Å²) in [4.78, 5) is 76.4. The van der Waals surface area contributed by atoms with Crippen LogP contribution in [0.5, 0.6) is 0 Å². The zero-order chi connectivity index (χ0) is 49.2. The summed E-state index contributed by atoms with van der Waals surface area (Å²) < 4.78 is 20.6. The molecule has 3 fully saturated rings. The number of thioether (sulfide) groups is 1. The van der Waals surface area contributed by atoms with Crippen LogP contribution in [-0.2, 0) is 38.7 Å². The molecule has 1 aromatic carbocycles. The fraction of sp³-hybridized carbons (Fsp3) is 0.660. The van der Waals surface area contributed by atoms with E-state index in [1.54, 1.807) is 14.0 Å². The minimum absolute atomic E-state index is 0.0388. The molecule has 67 heavy (non-hydrogen) atoms. The first-order chi connectivity index (χ1) is 31.8. The molecule has 20 heteroatoms. The van der Waals surface area contributed by atoms with Gasteiger partial charge in [-0.25, -0.2) is 14.6 Å². The van der Waals surface area contributed by atoms with Crippen LogP contribution in [0.4, 0.5) is 20.4 Å². The van der Waals surface area contributed by atoms with E-state index in [1.807, 2.05) is 24.6 Å². The summed E-state index contributed by atoms with van der Waals surface area (Å²) in [5.41, 5.74) is 10.6. The number of methoxy groups -OCH3 is 4. The molecule has 0 aliphatic carbocycles. The van der Waals surface area contributed by atoms with Gasteiger partial charge in [-0.2, -0.15) is 0 Å². The highest BCUT2D eigenvalue weighted by Gasteiger charge is 2.42. The normalized spacial score (nSPS) is 22.9. The van der Waals surface area contributed by atoms with Gasteiger partial charge >= 0.3 is 12.2 Å². The lowest BCUT2D eigenvalue weighted by molar-refractivity contribution is -0.142. The number of anilines is 2. The van der Waals surface area contributed by atoms with Gasteiger partial charge in [-0.15, -0.1) is 23.1 Å². The highest BCUT2D eigenvalue weighted by molar-refractivity contribution is 8.02. The van der Waals surface area contributed by atoms with Crippen LogP contribution in [-0.4, -0.2) is 141 Å². The molecule has 0 bridgehead atoms. The second-order valence-electron chi connectivity index (χ2n) is 18.6. The fourth-order valence-electron chi connectivity index (χ4n) is 9.36. The van der Waals surface area contributed by atoms with Crippen molar-refractivity contribution in [1.82, 2.24) is 30.7 Å². The standard InChI is InChI=1S/C47H73N9O9S2/c1-27(33(28(2)62-8)24-49-45(60)64-10)54-22-12-14-38(54)42(58)53-44-51-35(26-67-44)37-21-20-36(56(37)32-18-16-31(17-19-32)47(5,6)7)34(48)25-66-30(4)50-41(57)39-15-13-23-55(39)43(59)40(29(3)63-9)52-46(61)65-11/h16-19,25-30,33,36-40H,12-15,20-24,48H2,1-11H3,(H,49,60)(H,50,57)(H,52,61)(H,51,53,58)/b34-25-/t27?,28-,29-,30?,33-,36+,37+,38+,39+,40+/m1/s1. The number of benzene rings is 1. The number of nitrogens with two attached hydrogens (primary N) is 1. The van der Waals surface area contributed by atoms with Crippen LogP contribution < -0.4 is 31.9 Å². The summed E-state index contributed by atoms with van der Waals surface area (Å²) in [7, 11) is 5.65. The van der Waals surface area contributed by atoms with Crippen molar-refractivity contribution in [2.24, 2.45) is 11.7 Å². The number of rotatable bonds is 19. The summed E-state index contributed by atoms with van der Waals surface area (Å²) in [5.74, 6) is -0.914. The monoisotopic (exact) mass is 971 g/mol. The van der Waals surface area contributed by atoms with Gasteiger partial charge in [0, 0.05) is 56.0 Å². The number of ether oxygens (including phenoxy) is 4. The number of amides is 5. The molecule has 6 N–H and O–H groups in total. The van der Waals surface area contributed by atoms with Crippen LogP contribution in [0.2, 0.25) is 0 Å². The van der Waals surface area contributed by atoms with E-state index in [2.05, 4.69) is 83.0 Å². The molecule has 2 aromatic rings. The van der Waals surface area contributed by atoms with E-state index in [4.69, 9.17) is 29.7 Å². The highest BCUT2D eigenvalue weighted by atomic mass is 32.2. The maximum Gasteiger partial charge on any atom is 0.407 e. The van der Waals surface area contributed by atoms with Crippen molar-refractivity contribution in [1.29, 1.82) is 0 Å². The zero-order valence-corrected chi connectivity index (χ0v) is 42.6. The molecule has 0 radical (unpaired) electrons. The highest BCUT2D eigenvalue weighted by Crippen LogP contribution is 2.43. The van der Waals surface area contributed by atoms with Crippen LogP contribution in [0.3, 0.4) is 0 Å². The Kier molecular flexibility index (Phi) is 19.2. The molecule has 0 saturated carbocycles. The summed E-state index contributed by atoms with van der Waals surface area (Å²) in [6, 6.07) is 6.07. The molecule has 3 saturated heterocycles. The van der Waals surface area contributed by atoms with Crippen LogP contribution >= 0.6 is 23.1 Å². The van der Waals surface area contributed by atoms with E-state index in [9.17, 15) is 24.0 Å². The average Bonchev–Trinajstić information content (AvgIpc) is 4.16. The number of carbonyl (C=O) groups excluding carboxylic acids is 5. The van der Waals surface area contributed by atoms with Gasteiger partial charge < -0.3 is 55.7 Å². The average molecular weight is 972 g/mol. The van der Waals surface area contributed by atoms with E-state index in [0.29, 0.717) is 43.2 Å². The Morgan fingerprint density at radius 2 is 1.51 bits per heavy atom. The molecule has 4 heterocycles.